The van der Waals surface area contributed by atoms with Crippen LogP contribution in [0.4, 0.5) is 5.69 Å². The molecule has 0 aliphatic heterocycles. The summed E-state index contributed by atoms with van der Waals surface area (Å²) in [7, 11) is 0. The van der Waals surface area contributed by atoms with Crippen LogP contribution in [0, 0.1) is 0 Å². The molecule has 0 bridgehead atoms. The van der Waals surface area contributed by atoms with Gasteiger partial charge in [-0.05, 0) is 28.8 Å². The van der Waals surface area contributed by atoms with Crippen molar-refractivity contribution in [1.29, 1.82) is 0 Å². The van der Waals surface area contributed by atoms with Crippen molar-refractivity contribution < 1.29 is 14.7 Å². The van der Waals surface area contributed by atoms with Crippen molar-refractivity contribution in [2.45, 2.75) is 12.5 Å². The van der Waals surface area contributed by atoms with Gasteiger partial charge in [0.05, 0.1) is 6.21 Å². The number of rotatable bonds is 6. The topological polar surface area (TPSA) is 90.8 Å². The molecule has 146 valence electrons. The van der Waals surface area contributed by atoms with Crippen LogP contribution in [-0.4, -0.2) is 23.1 Å². The van der Waals surface area contributed by atoms with Crippen LogP contribution in [-0.2, 0) is 15.2 Å². The molecule has 6 heteroatoms. The Morgan fingerprint density at radius 2 is 1.38 bits per heavy atom. The Morgan fingerprint density at radius 1 is 0.862 bits per heavy atom. The summed E-state index contributed by atoms with van der Waals surface area (Å²) in [4.78, 5) is 24.0. The van der Waals surface area contributed by atoms with Crippen molar-refractivity contribution in [2.75, 3.05) is 5.32 Å². The van der Waals surface area contributed by atoms with Crippen LogP contribution in [0.2, 0.25) is 0 Å². The minimum atomic E-state index is -1.88. The second-order valence-electron chi connectivity index (χ2n) is 6.44. The van der Waals surface area contributed by atoms with E-state index in [4.69, 9.17) is 0 Å². The number of benzene rings is 3. The summed E-state index contributed by atoms with van der Waals surface area (Å²) in [5, 5.41) is 18.0. The van der Waals surface area contributed by atoms with Gasteiger partial charge in [-0.3, -0.25) is 9.59 Å². The van der Waals surface area contributed by atoms with Gasteiger partial charge in [0.25, 0.3) is 5.91 Å². The lowest BCUT2D eigenvalue weighted by Crippen LogP contribution is -2.43. The molecule has 0 spiro atoms. The van der Waals surface area contributed by atoms with E-state index in [1.54, 1.807) is 72.8 Å². The average molecular weight is 387 g/mol. The predicted molar refractivity (Wildman–Crippen MR) is 112 cm³/mol. The first kappa shape index (κ1) is 20.0. The summed E-state index contributed by atoms with van der Waals surface area (Å²) in [5.74, 6) is -0.819. The monoisotopic (exact) mass is 387 g/mol. The van der Waals surface area contributed by atoms with Crippen LogP contribution in [0.3, 0.4) is 0 Å². The van der Waals surface area contributed by atoms with Gasteiger partial charge in [0.15, 0.2) is 5.60 Å². The van der Waals surface area contributed by atoms with Crippen molar-refractivity contribution in [3.8, 4) is 0 Å². The van der Waals surface area contributed by atoms with Crippen LogP contribution < -0.4 is 10.7 Å². The molecule has 0 fully saturated rings. The standard InChI is InChI=1S/C23H21N3O3/c1-17(27)25-21-14-12-18(13-15-21)16-24-26-22(28)23(29,19-8-4-2-5-9-19)20-10-6-3-7-11-20/h2-16,29H,1H3,(H,25,27)(H,26,28). The lowest BCUT2D eigenvalue weighted by atomic mass is 9.85. The van der Waals surface area contributed by atoms with Gasteiger partial charge < -0.3 is 10.4 Å². The van der Waals surface area contributed by atoms with Crippen molar-refractivity contribution >= 4 is 23.7 Å². The van der Waals surface area contributed by atoms with E-state index < -0.39 is 11.5 Å². The normalized spacial score (nSPS) is 11.2. The van der Waals surface area contributed by atoms with Crippen molar-refractivity contribution in [2.24, 2.45) is 5.10 Å². The van der Waals surface area contributed by atoms with E-state index >= 15 is 0 Å². The molecule has 3 aromatic carbocycles. The molecule has 0 saturated heterocycles. The highest BCUT2D eigenvalue weighted by Crippen LogP contribution is 2.29. The zero-order valence-electron chi connectivity index (χ0n) is 15.9. The van der Waals surface area contributed by atoms with Gasteiger partial charge in [0.1, 0.15) is 0 Å². The molecule has 0 unspecified atom stereocenters. The fraction of sp³-hybridized carbons (Fsp3) is 0.0870. The lowest BCUT2D eigenvalue weighted by Gasteiger charge is -2.27. The molecule has 3 N–H and O–H groups in total. The number of anilines is 1. The van der Waals surface area contributed by atoms with Crippen molar-refractivity contribution in [3.63, 3.8) is 0 Å². The third-order valence-corrected chi connectivity index (χ3v) is 4.32. The maximum Gasteiger partial charge on any atom is 0.281 e. The molecule has 0 atom stereocenters. The van der Waals surface area contributed by atoms with Crippen molar-refractivity contribution in [1.82, 2.24) is 5.43 Å². The molecular formula is C23H21N3O3. The summed E-state index contributed by atoms with van der Waals surface area (Å²) in [6.07, 6.45) is 1.46. The van der Waals surface area contributed by atoms with Gasteiger partial charge >= 0.3 is 0 Å². The molecule has 0 radical (unpaired) electrons. The highest BCUT2D eigenvalue weighted by atomic mass is 16.3. The third kappa shape index (κ3) is 4.75. The number of nitrogens with one attached hydrogen (secondary N) is 2. The van der Waals surface area contributed by atoms with Crippen LogP contribution in [0.1, 0.15) is 23.6 Å². The lowest BCUT2D eigenvalue weighted by molar-refractivity contribution is -0.136. The van der Waals surface area contributed by atoms with Crippen LogP contribution in [0.5, 0.6) is 0 Å². The number of amides is 2. The SMILES string of the molecule is CC(=O)Nc1ccc(C=NNC(=O)C(O)(c2ccccc2)c2ccccc2)cc1. The van der Waals surface area contributed by atoms with Crippen LogP contribution in [0.25, 0.3) is 0 Å². The Bertz CT molecular complexity index is 961. The van der Waals surface area contributed by atoms with Gasteiger partial charge in [-0.25, -0.2) is 5.43 Å². The van der Waals surface area contributed by atoms with E-state index in [-0.39, 0.29) is 5.91 Å². The third-order valence-electron chi connectivity index (χ3n) is 4.32. The summed E-state index contributed by atoms with van der Waals surface area (Å²) in [6, 6.07) is 24.4. The molecule has 29 heavy (non-hydrogen) atoms. The number of aliphatic hydroxyl groups is 1. The Hall–Kier alpha value is -3.77. The average Bonchev–Trinajstić information content (AvgIpc) is 2.75. The number of carbonyl (C=O) groups is 2. The Balaban J connectivity index is 1.79. The van der Waals surface area contributed by atoms with Gasteiger partial charge in [0, 0.05) is 12.6 Å². The number of hydrazone groups is 1. The smallest absolute Gasteiger partial charge is 0.281 e. The second kappa shape index (κ2) is 8.95. The summed E-state index contributed by atoms with van der Waals surface area (Å²) >= 11 is 0. The quantitative estimate of drug-likeness (QED) is 0.449. The molecule has 3 aromatic rings. The number of hydrogen-bond donors (Lipinski definition) is 3. The summed E-state index contributed by atoms with van der Waals surface area (Å²) in [5.41, 5.74) is 2.82. The van der Waals surface area contributed by atoms with E-state index in [1.165, 1.54) is 13.1 Å². The van der Waals surface area contributed by atoms with E-state index in [9.17, 15) is 14.7 Å². The largest absolute Gasteiger partial charge is 0.372 e. The molecule has 0 aliphatic carbocycles. The summed E-state index contributed by atoms with van der Waals surface area (Å²) in [6.45, 7) is 1.44. The molecule has 0 saturated carbocycles. The maximum absolute atomic E-state index is 12.9. The van der Waals surface area contributed by atoms with Crippen molar-refractivity contribution in [3.05, 3.63) is 102 Å². The minimum absolute atomic E-state index is 0.153. The molecule has 0 aliphatic rings. The van der Waals surface area contributed by atoms with E-state index in [1.807, 2.05) is 12.1 Å². The summed E-state index contributed by atoms with van der Waals surface area (Å²) < 4.78 is 0. The first-order chi connectivity index (χ1) is 14.0. The van der Waals surface area contributed by atoms with Gasteiger partial charge in [0.2, 0.25) is 5.91 Å². The fourth-order valence-corrected chi connectivity index (χ4v) is 2.89. The number of carbonyl (C=O) groups excluding carboxylic acids is 2. The number of hydrogen-bond acceptors (Lipinski definition) is 4. The van der Waals surface area contributed by atoms with Gasteiger partial charge in [-0.2, -0.15) is 5.10 Å². The molecule has 3 rings (SSSR count). The van der Waals surface area contributed by atoms with E-state index in [0.29, 0.717) is 16.8 Å². The maximum atomic E-state index is 12.9. The molecule has 6 nitrogen and oxygen atoms in total. The van der Waals surface area contributed by atoms with E-state index in [0.717, 1.165) is 5.56 Å². The first-order valence-corrected chi connectivity index (χ1v) is 9.05. The molecule has 2 amide bonds. The fourth-order valence-electron chi connectivity index (χ4n) is 2.89. The Morgan fingerprint density at radius 3 is 1.86 bits per heavy atom. The minimum Gasteiger partial charge on any atom is -0.372 e. The highest BCUT2D eigenvalue weighted by Gasteiger charge is 2.39. The zero-order chi connectivity index (χ0) is 20.7. The molecule has 0 aromatic heterocycles. The number of nitrogens with zero attached hydrogens (tertiary/aromatic N) is 1. The molecular weight excluding hydrogens is 366 g/mol. The molecule has 0 heterocycles. The van der Waals surface area contributed by atoms with E-state index in [2.05, 4.69) is 15.8 Å². The van der Waals surface area contributed by atoms with Gasteiger partial charge in [-0.15, -0.1) is 0 Å². The second-order valence-corrected chi connectivity index (χ2v) is 6.44. The highest BCUT2D eigenvalue weighted by molar-refractivity contribution is 5.92. The first-order valence-electron chi connectivity index (χ1n) is 9.05. The predicted octanol–water partition coefficient (Wildman–Crippen LogP) is 3.03. The van der Waals surface area contributed by atoms with Gasteiger partial charge in [-0.1, -0.05) is 72.8 Å². The Kier molecular flexibility index (Phi) is 6.16. The zero-order valence-corrected chi connectivity index (χ0v) is 15.9. The van der Waals surface area contributed by atoms with Crippen LogP contribution >= 0.6 is 0 Å². The van der Waals surface area contributed by atoms with Crippen LogP contribution in [0.15, 0.2) is 90.0 Å². The Labute approximate surface area is 168 Å².